The molecule has 1 saturated heterocycles. The van der Waals surface area contributed by atoms with Crippen LogP contribution in [0.2, 0.25) is 0 Å². The van der Waals surface area contributed by atoms with E-state index in [1.165, 1.54) is 37.7 Å². The van der Waals surface area contributed by atoms with Gasteiger partial charge in [-0.05, 0) is 24.5 Å². The van der Waals surface area contributed by atoms with E-state index < -0.39 is 0 Å². The molecule has 1 aromatic carbocycles. The van der Waals surface area contributed by atoms with Crippen molar-refractivity contribution in [3.63, 3.8) is 0 Å². The summed E-state index contributed by atoms with van der Waals surface area (Å²) in [5.41, 5.74) is 1.70. The van der Waals surface area contributed by atoms with Crippen LogP contribution in [0.1, 0.15) is 60.9 Å². The highest BCUT2D eigenvalue weighted by molar-refractivity contribution is 5.92. The minimum absolute atomic E-state index is 0.118. The molecule has 0 amide bonds. The van der Waals surface area contributed by atoms with Crippen molar-refractivity contribution in [2.45, 2.75) is 63.0 Å². The van der Waals surface area contributed by atoms with E-state index in [9.17, 15) is 4.79 Å². The topological polar surface area (TPSA) is 29.5 Å². The Morgan fingerprint density at radius 1 is 1.05 bits per heavy atom. The van der Waals surface area contributed by atoms with Crippen LogP contribution < -0.4 is 0 Å². The zero-order valence-corrected chi connectivity index (χ0v) is 13.2. The van der Waals surface area contributed by atoms with Crippen molar-refractivity contribution >= 4 is 5.97 Å². The lowest BCUT2D eigenvalue weighted by molar-refractivity contribution is -0.0637. The van der Waals surface area contributed by atoms with Gasteiger partial charge in [-0.15, -0.1) is 0 Å². The van der Waals surface area contributed by atoms with Crippen LogP contribution in [0.25, 0.3) is 0 Å². The van der Waals surface area contributed by atoms with Crippen molar-refractivity contribution in [1.29, 1.82) is 0 Å². The molecule has 2 aliphatic heterocycles. The number of hydrogen-bond donors (Lipinski definition) is 0. The van der Waals surface area contributed by atoms with Gasteiger partial charge in [0.15, 0.2) is 0 Å². The van der Waals surface area contributed by atoms with E-state index in [2.05, 4.69) is 11.0 Å². The van der Waals surface area contributed by atoms with Crippen molar-refractivity contribution < 1.29 is 9.53 Å². The van der Waals surface area contributed by atoms with Gasteiger partial charge in [0.05, 0.1) is 5.56 Å². The van der Waals surface area contributed by atoms with Crippen LogP contribution in [0, 0.1) is 0 Å². The van der Waals surface area contributed by atoms with Crippen molar-refractivity contribution in [3.8, 4) is 0 Å². The molecule has 1 saturated carbocycles. The minimum Gasteiger partial charge on any atom is -0.455 e. The first-order chi connectivity index (χ1) is 10.8. The molecule has 2 heterocycles. The number of carbonyl (C=O) groups is 1. The van der Waals surface area contributed by atoms with Gasteiger partial charge in [0, 0.05) is 38.4 Å². The molecule has 3 nitrogen and oxygen atoms in total. The van der Waals surface area contributed by atoms with E-state index in [-0.39, 0.29) is 11.6 Å². The Bertz CT molecular complexity index is 554. The van der Waals surface area contributed by atoms with E-state index >= 15 is 0 Å². The molecule has 118 valence electrons. The molecule has 0 atom stereocenters. The maximum Gasteiger partial charge on any atom is 0.338 e. The number of ether oxygens (including phenoxy) is 1. The van der Waals surface area contributed by atoms with Crippen LogP contribution in [0.3, 0.4) is 0 Å². The molecule has 1 aliphatic carbocycles. The number of nitrogens with zero attached hydrogens (tertiary/aromatic N) is 1. The monoisotopic (exact) mass is 299 g/mol. The number of carbonyl (C=O) groups excluding carboxylic acids is 1. The summed E-state index contributed by atoms with van der Waals surface area (Å²) in [6.45, 7) is 2.17. The van der Waals surface area contributed by atoms with Crippen LogP contribution in [-0.2, 0) is 11.2 Å². The Kier molecular flexibility index (Phi) is 3.69. The predicted molar refractivity (Wildman–Crippen MR) is 86.0 cm³/mol. The average molecular weight is 299 g/mol. The molecular weight excluding hydrogens is 274 g/mol. The third-order valence-corrected chi connectivity index (χ3v) is 5.86. The smallest absolute Gasteiger partial charge is 0.338 e. The maximum absolute atomic E-state index is 12.3. The maximum atomic E-state index is 12.3. The summed E-state index contributed by atoms with van der Waals surface area (Å²) in [6.07, 6.45) is 9.76. The Morgan fingerprint density at radius 3 is 2.55 bits per heavy atom. The van der Waals surface area contributed by atoms with Gasteiger partial charge in [0.2, 0.25) is 0 Å². The molecular formula is C19H25NO2. The zero-order valence-electron chi connectivity index (χ0n) is 13.2. The highest BCUT2D eigenvalue weighted by Crippen LogP contribution is 2.37. The van der Waals surface area contributed by atoms with Gasteiger partial charge in [-0.3, -0.25) is 0 Å². The van der Waals surface area contributed by atoms with E-state index in [0.717, 1.165) is 44.0 Å². The van der Waals surface area contributed by atoms with Gasteiger partial charge >= 0.3 is 5.97 Å². The van der Waals surface area contributed by atoms with Crippen molar-refractivity contribution in [3.05, 3.63) is 35.4 Å². The van der Waals surface area contributed by atoms with Gasteiger partial charge in [-0.2, -0.15) is 0 Å². The molecule has 1 aromatic rings. The number of piperidine rings is 1. The van der Waals surface area contributed by atoms with Gasteiger partial charge < -0.3 is 9.64 Å². The lowest BCUT2D eigenvalue weighted by Crippen LogP contribution is -2.53. The average Bonchev–Trinajstić information content (AvgIpc) is 2.56. The summed E-state index contributed by atoms with van der Waals surface area (Å²) >= 11 is 0. The number of hydrogen-bond acceptors (Lipinski definition) is 3. The van der Waals surface area contributed by atoms with Crippen molar-refractivity contribution in [1.82, 2.24) is 4.90 Å². The molecule has 0 N–H and O–H groups in total. The number of fused-ring (bicyclic) bond motifs is 1. The second-order valence-corrected chi connectivity index (χ2v) is 7.23. The third-order valence-electron chi connectivity index (χ3n) is 5.86. The summed E-state index contributed by atoms with van der Waals surface area (Å²) in [6, 6.07) is 8.70. The molecule has 3 aliphatic rings. The first-order valence-electron chi connectivity index (χ1n) is 8.81. The first kappa shape index (κ1) is 14.3. The van der Waals surface area contributed by atoms with Gasteiger partial charge in [-0.1, -0.05) is 37.5 Å². The van der Waals surface area contributed by atoms with E-state index in [1.807, 2.05) is 18.2 Å². The molecule has 22 heavy (non-hydrogen) atoms. The summed E-state index contributed by atoms with van der Waals surface area (Å²) in [7, 11) is 0. The minimum atomic E-state index is -0.239. The van der Waals surface area contributed by atoms with Gasteiger partial charge in [-0.25, -0.2) is 4.79 Å². The SMILES string of the molecule is O=C1OC2(CCN(C3CCCCC3)CC2)Cc2ccccc21. The third kappa shape index (κ3) is 2.56. The van der Waals surface area contributed by atoms with Crippen LogP contribution in [0.15, 0.2) is 24.3 Å². The highest BCUT2D eigenvalue weighted by atomic mass is 16.6. The lowest BCUT2D eigenvalue weighted by atomic mass is 9.80. The Labute approximate surface area is 132 Å². The summed E-state index contributed by atoms with van der Waals surface area (Å²) in [4.78, 5) is 15.0. The molecule has 0 radical (unpaired) electrons. The molecule has 0 unspecified atom stereocenters. The Balaban J connectivity index is 1.46. The van der Waals surface area contributed by atoms with Crippen LogP contribution in [0.4, 0.5) is 0 Å². The van der Waals surface area contributed by atoms with Gasteiger partial charge in [0.25, 0.3) is 0 Å². The standard InChI is InChI=1S/C19H25NO2/c21-18-17-9-5-4-6-15(17)14-19(22-18)10-12-20(13-11-19)16-7-2-1-3-8-16/h4-6,9,16H,1-3,7-8,10-14H2. The fraction of sp³-hybridized carbons (Fsp3) is 0.632. The number of benzene rings is 1. The summed E-state index contributed by atoms with van der Waals surface area (Å²) in [5.74, 6) is -0.118. The normalized spacial score (nSPS) is 25.7. The van der Waals surface area contributed by atoms with Crippen molar-refractivity contribution in [2.75, 3.05) is 13.1 Å². The van der Waals surface area contributed by atoms with Gasteiger partial charge in [0.1, 0.15) is 5.60 Å². The molecule has 4 rings (SSSR count). The number of likely N-dealkylation sites (tertiary alicyclic amines) is 1. The van der Waals surface area contributed by atoms with E-state index in [0.29, 0.717) is 0 Å². The van der Waals surface area contributed by atoms with Crippen LogP contribution >= 0.6 is 0 Å². The summed E-state index contributed by atoms with van der Waals surface area (Å²) in [5, 5.41) is 0. The Hall–Kier alpha value is -1.35. The predicted octanol–water partition coefficient (Wildman–Crippen LogP) is 3.57. The quantitative estimate of drug-likeness (QED) is 0.743. The van der Waals surface area contributed by atoms with E-state index in [4.69, 9.17) is 4.74 Å². The Morgan fingerprint density at radius 2 is 1.77 bits per heavy atom. The number of rotatable bonds is 1. The largest absolute Gasteiger partial charge is 0.455 e. The second-order valence-electron chi connectivity index (χ2n) is 7.23. The fourth-order valence-electron chi connectivity index (χ4n) is 4.53. The van der Waals surface area contributed by atoms with Crippen LogP contribution in [-0.4, -0.2) is 35.6 Å². The molecule has 0 aromatic heterocycles. The van der Waals surface area contributed by atoms with Crippen molar-refractivity contribution in [2.24, 2.45) is 0 Å². The first-order valence-corrected chi connectivity index (χ1v) is 8.81. The molecule has 2 fully saturated rings. The zero-order chi connectivity index (χ0) is 15.0. The molecule has 3 heteroatoms. The van der Waals surface area contributed by atoms with E-state index in [1.54, 1.807) is 0 Å². The molecule has 0 bridgehead atoms. The summed E-state index contributed by atoms with van der Waals surface area (Å²) < 4.78 is 5.91. The molecule has 1 spiro atoms. The lowest BCUT2D eigenvalue weighted by Gasteiger charge is -2.46. The fourth-order valence-corrected chi connectivity index (χ4v) is 4.53. The van der Waals surface area contributed by atoms with Crippen LogP contribution in [0.5, 0.6) is 0 Å². The highest BCUT2D eigenvalue weighted by Gasteiger charge is 2.43. The number of esters is 1. The second kappa shape index (κ2) is 5.69.